The first-order valence-electron chi connectivity index (χ1n) is 6.67. The van der Waals surface area contributed by atoms with Gasteiger partial charge >= 0.3 is 0 Å². The predicted octanol–water partition coefficient (Wildman–Crippen LogP) is 5.30. The van der Waals surface area contributed by atoms with Gasteiger partial charge in [-0.15, -0.1) is 0 Å². The molecule has 19 heavy (non-hydrogen) atoms. The average Bonchev–Trinajstić information content (AvgIpc) is 2.63. The Labute approximate surface area is 120 Å². The molecule has 1 aliphatic carbocycles. The van der Waals surface area contributed by atoms with E-state index in [2.05, 4.69) is 26.8 Å². The molecule has 0 bridgehead atoms. The van der Waals surface area contributed by atoms with E-state index in [0.717, 1.165) is 11.1 Å². The van der Waals surface area contributed by atoms with E-state index in [9.17, 15) is 4.79 Å². The van der Waals surface area contributed by atoms with Crippen molar-refractivity contribution in [3.8, 4) is 0 Å². The van der Waals surface area contributed by atoms with Gasteiger partial charge in [0.15, 0.2) is 5.78 Å². The molecule has 1 unspecified atom stereocenters. The van der Waals surface area contributed by atoms with Crippen LogP contribution < -0.4 is 0 Å². The second-order valence-electron chi connectivity index (χ2n) is 5.17. The van der Waals surface area contributed by atoms with Crippen LogP contribution in [0.5, 0.6) is 0 Å². The monoisotopic (exact) mass is 274 g/mol. The van der Waals surface area contributed by atoms with Gasteiger partial charge in [0.05, 0.1) is 0 Å². The summed E-state index contributed by atoms with van der Waals surface area (Å²) in [6, 6.07) is 5.64. The summed E-state index contributed by atoms with van der Waals surface area (Å²) in [6.45, 7) is 8.32. The van der Waals surface area contributed by atoms with E-state index in [1.165, 1.54) is 16.7 Å². The minimum absolute atomic E-state index is 0.148. The smallest absolute Gasteiger partial charge is 0.163 e. The number of benzene rings is 1. The van der Waals surface area contributed by atoms with Crippen molar-refractivity contribution in [3.05, 3.63) is 51.6 Å². The zero-order valence-corrected chi connectivity index (χ0v) is 12.6. The molecule has 0 saturated heterocycles. The third-order valence-corrected chi connectivity index (χ3v) is 4.11. The van der Waals surface area contributed by atoms with E-state index in [4.69, 9.17) is 11.6 Å². The topological polar surface area (TPSA) is 17.1 Å². The third kappa shape index (κ3) is 2.52. The van der Waals surface area contributed by atoms with Crippen molar-refractivity contribution in [2.45, 2.75) is 34.1 Å². The van der Waals surface area contributed by atoms with Gasteiger partial charge in [-0.3, -0.25) is 4.79 Å². The maximum atomic E-state index is 12.1. The van der Waals surface area contributed by atoms with Gasteiger partial charge < -0.3 is 0 Å². The highest BCUT2D eigenvalue weighted by Gasteiger charge is 2.24. The Morgan fingerprint density at radius 1 is 1.32 bits per heavy atom. The summed E-state index contributed by atoms with van der Waals surface area (Å²) < 4.78 is 0. The first kappa shape index (κ1) is 14.1. The number of carbonyl (C=O) groups excluding carboxylic acids is 1. The van der Waals surface area contributed by atoms with Crippen LogP contribution in [0.1, 0.15) is 50.0 Å². The van der Waals surface area contributed by atoms with Crippen molar-refractivity contribution < 1.29 is 4.79 Å². The molecule has 100 valence electrons. The molecule has 0 fully saturated rings. The summed E-state index contributed by atoms with van der Waals surface area (Å²) in [5.41, 5.74) is 5.63. The van der Waals surface area contributed by atoms with Crippen LogP contribution in [-0.2, 0) is 0 Å². The van der Waals surface area contributed by atoms with E-state index in [1.54, 1.807) is 6.07 Å². The zero-order chi connectivity index (χ0) is 14.2. The van der Waals surface area contributed by atoms with E-state index < -0.39 is 0 Å². The van der Waals surface area contributed by atoms with Crippen LogP contribution in [0.4, 0.5) is 0 Å². The van der Waals surface area contributed by atoms with Gasteiger partial charge in [-0.25, -0.2) is 0 Å². The fourth-order valence-corrected chi connectivity index (χ4v) is 2.90. The van der Waals surface area contributed by atoms with Crippen molar-refractivity contribution >= 4 is 23.0 Å². The van der Waals surface area contributed by atoms with Gasteiger partial charge in [0.25, 0.3) is 0 Å². The molecule has 1 nitrogen and oxygen atoms in total. The van der Waals surface area contributed by atoms with Crippen molar-refractivity contribution in [2.24, 2.45) is 5.92 Å². The zero-order valence-electron chi connectivity index (χ0n) is 11.9. The Bertz CT molecular complexity index is 593. The molecule has 0 saturated carbocycles. The lowest BCUT2D eigenvalue weighted by molar-refractivity contribution is 0.0988. The number of hydrogen-bond donors (Lipinski definition) is 0. The van der Waals surface area contributed by atoms with Gasteiger partial charge in [0.1, 0.15) is 0 Å². The van der Waals surface area contributed by atoms with Gasteiger partial charge in [-0.05, 0) is 42.7 Å². The highest BCUT2D eigenvalue weighted by Crippen LogP contribution is 2.40. The molecule has 2 heteroatoms. The van der Waals surface area contributed by atoms with Crippen molar-refractivity contribution in [2.75, 3.05) is 0 Å². The lowest BCUT2D eigenvalue weighted by Gasteiger charge is -2.17. The minimum atomic E-state index is 0.148. The third-order valence-electron chi connectivity index (χ3n) is 3.88. The summed E-state index contributed by atoms with van der Waals surface area (Å²) in [5, 5.41) is 0.620. The Morgan fingerprint density at radius 2 is 2.00 bits per heavy atom. The van der Waals surface area contributed by atoms with Gasteiger partial charge in [0.2, 0.25) is 0 Å². The maximum absolute atomic E-state index is 12.1. The molecule has 0 heterocycles. The molecular formula is C17H19ClO. The summed E-state index contributed by atoms with van der Waals surface area (Å²) in [5.74, 6) is 0.513. The first-order valence-corrected chi connectivity index (χ1v) is 7.05. The molecule has 0 N–H and O–H groups in total. The normalized spacial score (nSPS) is 18.8. The number of carbonyl (C=O) groups is 1. The Kier molecular flexibility index (Phi) is 3.96. The van der Waals surface area contributed by atoms with Gasteiger partial charge in [-0.1, -0.05) is 43.2 Å². The van der Waals surface area contributed by atoms with Crippen molar-refractivity contribution in [3.63, 3.8) is 0 Å². The molecule has 0 aromatic heterocycles. The van der Waals surface area contributed by atoms with Crippen LogP contribution in [0.25, 0.3) is 5.57 Å². The van der Waals surface area contributed by atoms with Crippen molar-refractivity contribution in [1.29, 1.82) is 0 Å². The van der Waals surface area contributed by atoms with Crippen LogP contribution >= 0.6 is 11.6 Å². The van der Waals surface area contributed by atoms with Crippen LogP contribution in [0.2, 0.25) is 5.02 Å². The van der Waals surface area contributed by atoms with Crippen molar-refractivity contribution in [1.82, 2.24) is 0 Å². The molecule has 2 rings (SSSR count). The summed E-state index contributed by atoms with van der Waals surface area (Å²) in [6.07, 6.45) is 2.70. The first-order chi connectivity index (χ1) is 8.95. The molecule has 1 atom stereocenters. The van der Waals surface area contributed by atoms with Gasteiger partial charge in [0, 0.05) is 22.9 Å². The highest BCUT2D eigenvalue weighted by molar-refractivity contribution is 6.31. The van der Waals surface area contributed by atoms with Crippen LogP contribution in [0.3, 0.4) is 0 Å². The quantitative estimate of drug-likeness (QED) is 0.683. The van der Waals surface area contributed by atoms with Gasteiger partial charge in [-0.2, -0.15) is 0 Å². The number of rotatable bonds is 3. The fraction of sp³-hybridized carbons (Fsp3) is 0.353. The molecule has 1 aromatic carbocycles. The number of hydrogen-bond acceptors (Lipinski definition) is 1. The second kappa shape index (κ2) is 5.34. The maximum Gasteiger partial charge on any atom is 0.163 e. The molecule has 1 aliphatic rings. The molecule has 0 radical (unpaired) electrons. The standard InChI is InChI=1S/C17H19ClO/c1-5-16(19)15-9-13(18)6-7-14(15)17-11(3)8-10(2)12(17)4/h6-9,12H,5H2,1-4H3. The molecular weight excluding hydrogens is 256 g/mol. The van der Waals surface area contributed by atoms with E-state index in [-0.39, 0.29) is 5.78 Å². The number of allylic oxidation sites excluding steroid dienone is 4. The van der Waals surface area contributed by atoms with Crippen LogP contribution in [-0.4, -0.2) is 5.78 Å². The molecule has 1 aromatic rings. The summed E-state index contributed by atoms with van der Waals surface area (Å²) in [7, 11) is 0. The van der Waals surface area contributed by atoms with E-state index >= 15 is 0 Å². The molecule has 0 amide bonds. The van der Waals surface area contributed by atoms with E-state index in [0.29, 0.717) is 17.4 Å². The summed E-state index contributed by atoms with van der Waals surface area (Å²) in [4.78, 5) is 12.1. The summed E-state index contributed by atoms with van der Waals surface area (Å²) >= 11 is 6.04. The lowest BCUT2D eigenvalue weighted by Crippen LogP contribution is -2.06. The predicted molar refractivity (Wildman–Crippen MR) is 81.6 cm³/mol. The lowest BCUT2D eigenvalue weighted by atomic mass is 9.87. The van der Waals surface area contributed by atoms with Crippen LogP contribution in [0, 0.1) is 5.92 Å². The fourth-order valence-electron chi connectivity index (χ4n) is 2.73. The SMILES string of the molecule is CCC(=O)c1cc(Cl)ccc1C1=C(C)C=C(C)C1C. The number of Topliss-reactive ketones (excluding diaryl/α,β-unsaturated/α-hetero) is 1. The Morgan fingerprint density at radius 3 is 2.53 bits per heavy atom. The number of ketones is 1. The molecule has 0 aliphatic heterocycles. The van der Waals surface area contributed by atoms with Crippen LogP contribution in [0.15, 0.2) is 35.4 Å². The highest BCUT2D eigenvalue weighted by atomic mass is 35.5. The second-order valence-corrected chi connectivity index (χ2v) is 5.61. The minimum Gasteiger partial charge on any atom is -0.294 e. The Hall–Kier alpha value is -1.34. The molecule has 0 spiro atoms. The Balaban J connectivity index is 2.59. The van der Waals surface area contributed by atoms with E-state index in [1.807, 2.05) is 19.1 Å². The number of halogens is 1. The largest absolute Gasteiger partial charge is 0.294 e. The average molecular weight is 275 g/mol.